The molecule has 196 valence electrons. The van der Waals surface area contributed by atoms with Crippen LogP contribution in [0.2, 0.25) is 0 Å². The van der Waals surface area contributed by atoms with Gasteiger partial charge in [-0.25, -0.2) is 9.37 Å². The lowest BCUT2D eigenvalue weighted by atomic mass is 9.99. The van der Waals surface area contributed by atoms with Crippen LogP contribution in [-0.4, -0.2) is 37.5 Å². The zero-order valence-corrected chi connectivity index (χ0v) is 21.1. The Morgan fingerprint density at radius 3 is 2.55 bits per heavy atom. The van der Waals surface area contributed by atoms with Gasteiger partial charge in [0.25, 0.3) is 11.4 Å². The molecule has 2 heterocycles. The molecule has 0 aliphatic rings. The van der Waals surface area contributed by atoms with Crippen LogP contribution in [0.1, 0.15) is 41.6 Å². The van der Waals surface area contributed by atoms with E-state index in [0.717, 1.165) is 15.7 Å². The van der Waals surface area contributed by atoms with Crippen LogP contribution in [-0.2, 0) is 17.8 Å². The fourth-order valence-corrected chi connectivity index (χ4v) is 3.94. The number of anilines is 1. The van der Waals surface area contributed by atoms with Crippen LogP contribution < -0.4 is 16.6 Å². The average Bonchev–Trinajstić information content (AvgIpc) is 3.34. The number of hydrogen-bond acceptors (Lipinski definition) is 8. The number of rotatable bonds is 9. The molecule has 38 heavy (non-hydrogen) atoms. The van der Waals surface area contributed by atoms with Crippen molar-refractivity contribution in [3.05, 3.63) is 93.8 Å². The Hall–Kier alpha value is -4.67. The lowest BCUT2D eigenvalue weighted by molar-refractivity contribution is -0.122. The summed E-state index contributed by atoms with van der Waals surface area (Å²) in [5.74, 6) is -1.79. The number of hydrogen-bond donors (Lipinski definition) is 2. The Bertz CT molecular complexity index is 1530. The molecule has 10 nitrogen and oxygen atoms in total. The van der Waals surface area contributed by atoms with E-state index in [0.29, 0.717) is 12.0 Å². The summed E-state index contributed by atoms with van der Waals surface area (Å²) in [5, 5.41) is 10.5. The summed E-state index contributed by atoms with van der Waals surface area (Å²) in [5.41, 5.74) is 7.39. The van der Waals surface area contributed by atoms with Crippen molar-refractivity contribution in [3.8, 4) is 11.4 Å². The van der Waals surface area contributed by atoms with Crippen LogP contribution in [0, 0.1) is 18.7 Å². The third-order valence-corrected chi connectivity index (χ3v) is 5.86. The van der Waals surface area contributed by atoms with Gasteiger partial charge in [-0.15, -0.1) is 10.2 Å². The van der Waals surface area contributed by atoms with Gasteiger partial charge in [-0.1, -0.05) is 43.7 Å². The second-order valence-corrected chi connectivity index (χ2v) is 9.26. The average molecular weight is 519 g/mol. The second kappa shape index (κ2) is 11.2. The largest absolute Gasteiger partial charge is 0.418 e. The Labute approximate surface area is 217 Å². The van der Waals surface area contributed by atoms with E-state index in [9.17, 15) is 18.8 Å². The number of carbonyl (C=O) groups excluding carboxylic acids is 2. The smallest absolute Gasteiger partial charge is 0.286 e. The molecule has 0 fully saturated rings. The van der Waals surface area contributed by atoms with Crippen molar-refractivity contribution in [1.82, 2.24) is 25.1 Å². The predicted octanol–water partition coefficient (Wildman–Crippen LogP) is 2.94. The van der Waals surface area contributed by atoms with Crippen molar-refractivity contribution < 1.29 is 18.4 Å². The third-order valence-electron chi connectivity index (χ3n) is 5.86. The summed E-state index contributed by atoms with van der Waals surface area (Å²) in [7, 11) is 0. The molecule has 1 atom stereocenters. The van der Waals surface area contributed by atoms with Gasteiger partial charge in [0.2, 0.25) is 17.6 Å². The number of aromatic nitrogens is 4. The van der Waals surface area contributed by atoms with E-state index in [2.05, 4.69) is 20.5 Å². The van der Waals surface area contributed by atoms with Crippen LogP contribution in [0.25, 0.3) is 11.4 Å². The molecule has 0 saturated heterocycles. The van der Waals surface area contributed by atoms with Crippen LogP contribution in [0.4, 0.5) is 10.1 Å². The maximum Gasteiger partial charge on any atom is 0.286 e. The lowest BCUT2D eigenvalue weighted by Gasteiger charge is -2.20. The monoisotopic (exact) mass is 518 g/mol. The molecule has 0 bridgehead atoms. The number of Topliss-reactive ketones (excluding diaryl/α,β-unsaturated/α-hetero) is 1. The van der Waals surface area contributed by atoms with Gasteiger partial charge in [-0.3, -0.25) is 19.0 Å². The minimum Gasteiger partial charge on any atom is -0.418 e. The first-order chi connectivity index (χ1) is 18.1. The number of nitrogens with one attached hydrogen (secondary N) is 1. The van der Waals surface area contributed by atoms with Gasteiger partial charge in [0.1, 0.15) is 23.9 Å². The molecular weight excluding hydrogens is 491 g/mol. The molecule has 4 aromatic rings. The van der Waals surface area contributed by atoms with Gasteiger partial charge >= 0.3 is 0 Å². The van der Waals surface area contributed by atoms with Crippen molar-refractivity contribution >= 4 is 17.4 Å². The maximum absolute atomic E-state index is 13.4. The normalized spacial score (nSPS) is 11.9. The summed E-state index contributed by atoms with van der Waals surface area (Å²) < 4.78 is 20.1. The number of aryl methyl sites for hydroxylation is 1. The SMILES string of the molecule is Cc1cccc(Cc2nnc(C(=O)C(NC(=O)Cn3c(-c4ccc(F)cc4)ncc(N)c3=O)C(C)C)o2)c1. The predicted molar refractivity (Wildman–Crippen MR) is 138 cm³/mol. The molecule has 11 heteroatoms. The van der Waals surface area contributed by atoms with Gasteiger partial charge in [0, 0.05) is 5.56 Å². The van der Waals surface area contributed by atoms with Gasteiger partial charge < -0.3 is 15.5 Å². The Morgan fingerprint density at radius 1 is 1.13 bits per heavy atom. The molecular formula is C27H27FN6O4. The van der Waals surface area contributed by atoms with Crippen molar-refractivity contribution in [2.45, 2.75) is 39.8 Å². The van der Waals surface area contributed by atoms with Crippen LogP contribution >= 0.6 is 0 Å². The molecule has 0 radical (unpaired) electrons. The highest BCUT2D eigenvalue weighted by atomic mass is 19.1. The molecule has 2 aromatic carbocycles. The number of carbonyl (C=O) groups is 2. The van der Waals surface area contributed by atoms with E-state index in [1.54, 1.807) is 13.8 Å². The molecule has 3 N–H and O–H groups in total. The van der Waals surface area contributed by atoms with Gasteiger partial charge in [-0.05, 0) is 42.7 Å². The molecule has 2 aromatic heterocycles. The first kappa shape index (κ1) is 26.4. The van der Waals surface area contributed by atoms with E-state index in [4.69, 9.17) is 10.2 Å². The van der Waals surface area contributed by atoms with E-state index in [1.165, 1.54) is 30.5 Å². The summed E-state index contributed by atoms with van der Waals surface area (Å²) >= 11 is 0. The van der Waals surface area contributed by atoms with Crippen molar-refractivity contribution in [2.75, 3.05) is 5.73 Å². The molecule has 0 aliphatic carbocycles. The molecule has 4 rings (SSSR count). The number of halogens is 1. The second-order valence-electron chi connectivity index (χ2n) is 9.26. The van der Waals surface area contributed by atoms with Crippen LogP contribution in [0.3, 0.4) is 0 Å². The van der Waals surface area contributed by atoms with E-state index in [-0.39, 0.29) is 29.2 Å². The fourth-order valence-electron chi connectivity index (χ4n) is 3.94. The summed E-state index contributed by atoms with van der Waals surface area (Å²) in [6, 6.07) is 12.1. The molecule has 1 unspecified atom stereocenters. The molecule has 0 aliphatic heterocycles. The summed E-state index contributed by atoms with van der Waals surface area (Å²) in [6.07, 6.45) is 1.54. The third kappa shape index (κ3) is 6.00. The molecule has 0 spiro atoms. The van der Waals surface area contributed by atoms with Gasteiger partial charge in [0.05, 0.1) is 18.7 Å². The molecule has 0 saturated carbocycles. The summed E-state index contributed by atoms with van der Waals surface area (Å²) in [6.45, 7) is 5.01. The van der Waals surface area contributed by atoms with E-state index in [1.807, 2.05) is 31.2 Å². The number of ketones is 1. The quantitative estimate of drug-likeness (QED) is 0.322. The number of amides is 1. The number of nitrogens with zero attached hydrogens (tertiary/aromatic N) is 4. The van der Waals surface area contributed by atoms with E-state index >= 15 is 0 Å². The number of nitrogen functional groups attached to an aromatic ring is 1. The minimum absolute atomic E-state index is 0.129. The first-order valence-electron chi connectivity index (χ1n) is 11.9. The van der Waals surface area contributed by atoms with Crippen molar-refractivity contribution in [3.63, 3.8) is 0 Å². The summed E-state index contributed by atoms with van der Waals surface area (Å²) in [4.78, 5) is 43.1. The Kier molecular flexibility index (Phi) is 7.75. The Morgan fingerprint density at radius 2 is 1.87 bits per heavy atom. The van der Waals surface area contributed by atoms with Crippen molar-refractivity contribution in [2.24, 2.45) is 5.92 Å². The van der Waals surface area contributed by atoms with Crippen molar-refractivity contribution in [1.29, 1.82) is 0 Å². The standard InChI is InChI=1S/C27H27FN6O4/c1-15(2)23(24(36)26-33-32-22(38-26)12-17-6-4-5-16(3)11-17)31-21(35)14-34-25(30-13-20(29)27(34)37)18-7-9-19(28)10-8-18/h4-11,13,15,23H,12,14,29H2,1-3H3,(H,31,35). The Balaban J connectivity index is 1.52. The zero-order valence-electron chi connectivity index (χ0n) is 21.1. The van der Waals surface area contributed by atoms with Crippen LogP contribution in [0.15, 0.2) is 63.9 Å². The number of benzene rings is 2. The van der Waals surface area contributed by atoms with Gasteiger partial charge in [-0.2, -0.15) is 0 Å². The van der Waals surface area contributed by atoms with Crippen LogP contribution in [0.5, 0.6) is 0 Å². The highest BCUT2D eigenvalue weighted by Gasteiger charge is 2.30. The zero-order chi connectivity index (χ0) is 27.4. The van der Waals surface area contributed by atoms with E-state index < -0.39 is 35.7 Å². The highest BCUT2D eigenvalue weighted by molar-refractivity contribution is 5.98. The fraction of sp³-hybridized carbons (Fsp3) is 0.259. The highest BCUT2D eigenvalue weighted by Crippen LogP contribution is 2.18. The number of nitrogens with two attached hydrogens (primary N) is 1. The minimum atomic E-state index is -0.992. The lowest BCUT2D eigenvalue weighted by Crippen LogP contribution is -2.46. The van der Waals surface area contributed by atoms with Gasteiger partial charge in [0.15, 0.2) is 0 Å². The topological polar surface area (TPSA) is 146 Å². The first-order valence-corrected chi connectivity index (χ1v) is 11.9. The maximum atomic E-state index is 13.4. The molecule has 1 amide bonds.